The van der Waals surface area contributed by atoms with Gasteiger partial charge in [0.25, 0.3) is 0 Å². The average Bonchev–Trinajstić information content (AvgIpc) is 2.67. The maximum Gasteiger partial charge on any atom is 0.234 e. The summed E-state index contributed by atoms with van der Waals surface area (Å²) in [6, 6.07) is 0.0723. The summed E-state index contributed by atoms with van der Waals surface area (Å²) in [5.74, 6) is 0.895. The van der Waals surface area contributed by atoms with E-state index in [0.29, 0.717) is 32.8 Å². The van der Waals surface area contributed by atoms with E-state index >= 15 is 0 Å². The molecule has 2 aliphatic heterocycles. The van der Waals surface area contributed by atoms with Crippen LogP contribution in [0.2, 0.25) is 0 Å². The highest BCUT2D eigenvalue weighted by atomic mass is 16.5. The lowest BCUT2D eigenvalue weighted by molar-refractivity contribution is -0.129. The molecule has 2 amide bonds. The molecule has 0 bridgehead atoms. The van der Waals surface area contributed by atoms with Gasteiger partial charge >= 0.3 is 0 Å². The van der Waals surface area contributed by atoms with E-state index in [1.807, 2.05) is 11.1 Å². The quantitative estimate of drug-likeness (QED) is 0.736. The van der Waals surface area contributed by atoms with Crippen molar-refractivity contribution in [2.45, 2.75) is 45.2 Å². The first kappa shape index (κ1) is 19.7. The summed E-state index contributed by atoms with van der Waals surface area (Å²) in [4.78, 5) is 37.2. The van der Waals surface area contributed by atoms with Crippen LogP contribution in [0.3, 0.4) is 0 Å². The van der Waals surface area contributed by atoms with Gasteiger partial charge in [-0.1, -0.05) is 6.42 Å². The van der Waals surface area contributed by atoms with Crippen molar-refractivity contribution in [3.63, 3.8) is 0 Å². The number of methoxy groups -OCH3 is 1. The van der Waals surface area contributed by atoms with Crippen LogP contribution in [-0.4, -0.2) is 71.5 Å². The summed E-state index contributed by atoms with van der Waals surface area (Å²) in [6.45, 7) is 5.15. The summed E-state index contributed by atoms with van der Waals surface area (Å²) in [7, 11) is 1.62. The summed E-state index contributed by atoms with van der Waals surface area (Å²) in [6.07, 6.45) is 5.78. The van der Waals surface area contributed by atoms with E-state index in [1.54, 1.807) is 14.0 Å². The number of likely N-dealkylation sites (tertiary alicyclic amines) is 1. The Morgan fingerprint density at radius 3 is 2.96 bits per heavy atom. The highest BCUT2D eigenvalue weighted by Gasteiger charge is 2.29. The normalized spacial score (nSPS) is 20.2. The zero-order valence-corrected chi connectivity index (χ0v) is 16.2. The number of hydrogen-bond acceptors (Lipinski definition) is 6. The summed E-state index contributed by atoms with van der Waals surface area (Å²) in [5, 5.41) is 2.88. The van der Waals surface area contributed by atoms with Gasteiger partial charge in [-0.05, 0) is 19.4 Å². The number of carbonyl (C=O) groups excluding carboxylic acids is 2. The van der Waals surface area contributed by atoms with Crippen molar-refractivity contribution in [2.24, 2.45) is 0 Å². The van der Waals surface area contributed by atoms with E-state index in [0.717, 1.165) is 49.3 Å². The SMILES string of the molecule is COCCNC(=O)CN1CCCC[C@H]1c1ncc2c(n1)CCN(C(C)=O)C2. The Morgan fingerprint density at radius 1 is 1.33 bits per heavy atom. The smallest absolute Gasteiger partial charge is 0.234 e. The molecule has 8 nitrogen and oxygen atoms in total. The van der Waals surface area contributed by atoms with Crippen LogP contribution in [-0.2, 0) is 27.3 Å². The average molecular weight is 375 g/mol. The Morgan fingerprint density at radius 2 is 2.19 bits per heavy atom. The number of amides is 2. The van der Waals surface area contributed by atoms with E-state index in [9.17, 15) is 9.59 Å². The lowest BCUT2D eigenvalue weighted by Gasteiger charge is -2.35. The van der Waals surface area contributed by atoms with Crippen LogP contribution in [0.5, 0.6) is 0 Å². The van der Waals surface area contributed by atoms with Crippen molar-refractivity contribution >= 4 is 11.8 Å². The largest absolute Gasteiger partial charge is 0.383 e. The maximum absolute atomic E-state index is 12.2. The van der Waals surface area contributed by atoms with Gasteiger partial charge in [-0.2, -0.15) is 0 Å². The number of rotatable bonds is 6. The highest BCUT2D eigenvalue weighted by Crippen LogP contribution is 2.29. The fourth-order valence-electron chi connectivity index (χ4n) is 3.77. The van der Waals surface area contributed by atoms with E-state index in [2.05, 4.69) is 15.2 Å². The molecular weight excluding hydrogens is 346 g/mol. The number of carbonyl (C=O) groups is 2. The number of piperidine rings is 1. The van der Waals surface area contributed by atoms with Gasteiger partial charge in [0.1, 0.15) is 5.82 Å². The molecule has 3 rings (SSSR count). The van der Waals surface area contributed by atoms with E-state index in [4.69, 9.17) is 9.72 Å². The van der Waals surface area contributed by atoms with Gasteiger partial charge in [0.15, 0.2) is 0 Å². The van der Waals surface area contributed by atoms with Crippen LogP contribution < -0.4 is 5.32 Å². The van der Waals surface area contributed by atoms with Crippen LogP contribution in [0.25, 0.3) is 0 Å². The van der Waals surface area contributed by atoms with Crippen molar-refractivity contribution in [1.82, 2.24) is 25.1 Å². The topological polar surface area (TPSA) is 87.7 Å². The van der Waals surface area contributed by atoms with Gasteiger partial charge in [-0.15, -0.1) is 0 Å². The van der Waals surface area contributed by atoms with Crippen LogP contribution in [0.4, 0.5) is 0 Å². The number of fused-ring (bicyclic) bond motifs is 1. The Hall–Kier alpha value is -2.06. The molecule has 1 aromatic heterocycles. The molecule has 0 unspecified atom stereocenters. The molecule has 1 saturated heterocycles. The molecule has 1 aromatic rings. The summed E-state index contributed by atoms with van der Waals surface area (Å²) in [5.41, 5.74) is 2.06. The fraction of sp³-hybridized carbons (Fsp3) is 0.684. The van der Waals surface area contributed by atoms with Gasteiger partial charge in [0.05, 0.1) is 24.9 Å². The molecule has 8 heteroatoms. The van der Waals surface area contributed by atoms with Gasteiger partial charge in [-0.25, -0.2) is 9.97 Å². The van der Waals surface area contributed by atoms with Crippen LogP contribution in [0.1, 0.15) is 49.3 Å². The second-order valence-electron chi connectivity index (χ2n) is 7.22. The molecule has 0 aromatic carbocycles. The summed E-state index contributed by atoms with van der Waals surface area (Å²) < 4.78 is 4.97. The Kier molecular flexibility index (Phi) is 6.73. The molecule has 0 radical (unpaired) electrons. The lowest BCUT2D eigenvalue weighted by Crippen LogP contribution is -2.43. The molecule has 0 spiro atoms. The molecule has 1 atom stereocenters. The first-order chi connectivity index (χ1) is 13.1. The van der Waals surface area contributed by atoms with Gasteiger partial charge < -0.3 is 15.0 Å². The third-order valence-electron chi connectivity index (χ3n) is 5.28. The highest BCUT2D eigenvalue weighted by molar-refractivity contribution is 5.78. The lowest BCUT2D eigenvalue weighted by atomic mass is 10.0. The monoisotopic (exact) mass is 375 g/mol. The second-order valence-corrected chi connectivity index (χ2v) is 7.22. The van der Waals surface area contributed by atoms with E-state index < -0.39 is 0 Å². The number of nitrogens with one attached hydrogen (secondary N) is 1. The molecule has 1 N–H and O–H groups in total. The van der Waals surface area contributed by atoms with Crippen molar-refractivity contribution < 1.29 is 14.3 Å². The maximum atomic E-state index is 12.2. The predicted molar refractivity (Wildman–Crippen MR) is 99.9 cm³/mol. The number of nitrogens with zero attached hydrogens (tertiary/aromatic N) is 4. The van der Waals surface area contributed by atoms with Crippen molar-refractivity contribution in [1.29, 1.82) is 0 Å². The molecular formula is C19H29N5O3. The van der Waals surface area contributed by atoms with Crippen LogP contribution in [0.15, 0.2) is 6.20 Å². The molecule has 27 heavy (non-hydrogen) atoms. The zero-order valence-electron chi connectivity index (χ0n) is 16.2. The molecule has 0 aliphatic carbocycles. The first-order valence-corrected chi connectivity index (χ1v) is 9.68. The number of ether oxygens (including phenoxy) is 1. The molecule has 148 valence electrons. The minimum Gasteiger partial charge on any atom is -0.383 e. The minimum absolute atomic E-state index is 0.00834. The van der Waals surface area contributed by atoms with Crippen LogP contribution >= 0.6 is 0 Å². The van der Waals surface area contributed by atoms with Crippen molar-refractivity contribution in [3.8, 4) is 0 Å². The predicted octanol–water partition coefficient (Wildman–Crippen LogP) is 0.671. The standard InChI is InChI=1S/C19H29N5O3/c1-14(25)23-9-6-16-15(12-23)11-21-19(22-16)17-5-3-4-8-24(17)13-18(26)20-7-10-27-2/h11,17H,3-10,12-13H2,1-2H3,(H,20,26)/t17-/m0/s1. The first-order valence-electron chi connectivity index (χ1n) is 9.68. The third kappa shape index (κ3) is 5.01. The molecule has 0 saturated carbocycles. The Labute approximate surface area is 160 Å². The summed E-state index contributed by atoms with van der Waals surface area (Å²) >= 11 is 0. The molecule has 1 fully saturated rings. The number of hydrogen-bond donors (Lipinski definition) is 1. The fourth-order valence-corrected chi connectivity index (χ4v) is 3.77. The third-order valence-corrected chi connectivity index (χ3v) is 5.28. The Bertz CT molecular complexity index is 681. The Balaban J connectivity index is 1.68. The van der Waals surface area contributed by atoms with Crippen LogP contribution in [0, 0.1) is 0 Å². The zero-order chi connectivity index (χ0) is 19.2. The van der Waals surface area contributed by atoms with E-state index in [-0.39, 0.29) is 17.9 Å². The van der Waals surface area contributed by atoms with Gasteiger partial charge in [0.2, 0.25) is 11.8 Å². The van der Waals surface area contributed by atoms with Gasteiger partial charge in [0, 0.05) is 51.8 Å². The minimum atomic E-state index is 0.00834. The van der Waals surface area contributed by atoms with Gasteiger partial charge in [-0.3, -0.25) is 14.5 Å². The van der Waals surface area contributed by atoms with Crippen molar-refractivity contribution in [2.75, 3.05) is 39.9 Å². The second kappa shape index (κ2) is 9.23. The number of aromatic nitrogens is 2. The van der Waals surface area contributed by atoms with Crippen molar-refractivity contribution in [3.05, 3.63) is 23.3 Å². The van der Waals surface area contributed by atoms with E-state index in [1.165, 1.54) is 0 Å². The molecule has 2 aliphatic rings. The molecule has 3 heterocycles.